The highest BCUT2D eigenvalue weighted by Crippen LogP contribution is 2.38. The molecule has 2 aromatic rings. The topological polar surface area (TPSA) is 12.9 Å². The molecule has 2 rings (SSSR count). The zero-order chi connectivity index (χ0) is 14.5. The number of aromatic nitrogens is 1. The molecule has 0 aliphatic carbocycles. The second-order valence-electron chi connectivity index (χ2n) is 4.77. The van der Waals surface area contributed by atoms with Crippen LogP contribution in [0.25, 0.3) is 5.57 Å². The number of hydrogen-bond donors (Lipinski definition) is 0. The third-order valence-electron chi connectivity index (χ3n) is 3.37. The van der Waals surface area contributed by atoms with Crippen LogP contribution in [0, 0.1) is 0 Å². The summed E-state index contributed by atoms with van der Waals surface area (Å²) >= 11 is 12.3. The number of rotatable bonds is 5. The molecule has 0 N–H and O–H groups in total. The summed E-state index contributed by atoms with van der Waals surface area (Å²) in [7, 11) is 0. The first-order valence-electron chi connectivity index (χ1n) is 6.67. The number of benzene rings is 1. The van der Waals surface area contributed by atoms with Gasteiger partial charge >= 0.3 is 0 Å². The number of allylic oxidation sites excluding steroid dienone is 1. The van der Waals surface area contributed by atoms with Crippen LogP contribution in [0.5, 0.6) is 0 Å². The Kier molecular flexibility index (Phi) is 5.22. The third-order valence-corrected chi connectivity index (χ3v) is 3.93. The molecule has 0 amide bonds. The van der Waals surface area contributed by atoms with E-state index < -0.39 is 0 Å². The fraction of sp³-hybridized carbons (Fsp3) is 0.235. The van der Waals surface area contributed by atoms with Gasteiger partial charge in [0.05, 0.1) is 0 Å². The Bertz CT molecular complexity index is 593. The Hall–Kier alpha value is -1.31. The summed E-state index contributed by atoms with van der Waals surface area (Å²) < 4.78 is 0. The first-order valence-corrected chi connectivity index (χ1v) is 7.43. The van der Waals surface area contributed by atoms with E-state index in [0.717, 1.165) is 29.5 Å². The van der Waals surface area contributed by atoms with Crippen molar-refractivity contribution in [1.29, 1.82) is 0 Å². The molecule has 0 aliphatic rings. The van der Waals surface area contributed by atoms with Crippen molar-refractivity contribution in [2.24, 2.45) is 0 Å². The Labute approximate surface area is 130 Å². The maximum atomic E-state index is 6.35. The minimum absolute atomic E-state index is 0.189. The number of nitrogens with zero attached hydrogens (tertiary/aromatic N) is 1. The summed E-state index contributed by atoms with van der Waals surface area (Å²) in [6.45, 7) is 6.41. The molecule has 1 nitrogen and oxygen atoms in total. The molecule has 0 fully saturated rings. The maximum Gasteiger partial charge on any atom is 0.0459 e. The van der Waals surface area contributed by atoms with Crippen molar-refractivity contribution < 1.29 is 0 Å². The Morgan fingerprint density at radius 3 is 2.70 bits per heavy atom. The fourth-order valence-corrected chi connectivity index (χ4v) is 2.88. The van der Waals surface area contributed by atoms with E-state index >= 15 is 0 Å². The van der Waals surface area contributed by atoms with Crippen LogP contribution >= 0.6 is 23.2 Å². The molecular formula is C17H17Cl2N. The molecule has 1 aromatic heterocycles. The van der Waals surface area contributed by atoms with Gasteiger partial charge in [0, 0.05) is 28.4 Å². The van der Waals surface area contributed by atoms with E-state index in [1.807, 2.05) is 30.5 Å². The third kappa shape index (κ3) is 3.41. The van der Waals surface area contributed by atoms with E-state index in [0.29, 0.717) is 10.0 Å². The molecule has 1 heterocycles. The lowest BCUT2D eigenvalue weighted by molar-refractivity contribution is 0.731. The van der Waals surface area contributed by atoms with Crippen LogP contribution in [0.1, 0.15) is 36.8 Å². The number of pyridine rings is 1. The molecule has 0 spiro atoms. The summed E-state index contributed by atoms with van der Waals surface area (Å²) in [6.07, 6.45) is 5.66. The molecule has 1 atom stereocenters. The van der Waals surface area contributed by atoms with Gasteiger partial charge < -0.3 is 0 Å². The van der Waals surface area contributed by atoms with Gasteiger partial charge in [-0.1, -0.05) is 55.3 Å². The number of halogens is 2. The lowest BCUT2D eigenvalue weighted by Gasteiger charge is -2.21. The van der Waals surface area contributed by atoms with E-state index in [1.165, 1.54) is 0 Å². The minimum atomic E-state index is 0.189. The molecule has 0 saturated carbocycles. The molecule has 0 bridgehead atoms. The van der Waals surface area contributed by atoms with E-state index in [4.69, 9.17) is 23.2 Å². The summed E-state index contributed by atoms with van der Waals surface area (Å²) in [5, 5.41) is 1.35. The zero-order valence-electron chi connectivity index (χ0n) is 11.4. The lowest BCUT2D eigenvalue weighted by Crippen LogP contribution is -2.02. The largest absolute Gasteiger partial charge is 0.264 e. The highest BCUT2D eigenvalue weighted by Gasteiger charge is 2.18. The van der Waals surface area contributed by atoms with Gasteiger partial charge in [-0.25, -0.2) is 0 Å². The van der Waals surface area contributed by atoms with Gasteiger partial charge in [-0.3, -0.25) is 4.98 Å². The Balaban J connectivity index is 2.38. The van der Waals surface area contributed by atoms with Crippen molar-refractivity contribution in [3.8, 4) is 0 Å². The van der Waals surface area contributed by atoms with Crippen molar-refractivity contribution in [3.63, 3.8) is 0 Å². The van der Waals surface area contributed by atoms with Crippen LogP contribution in [-0.4, -0.2) is 4.98 Å². The summed E-state index contributed by atoms with van der Waals surface area (Å²) in [5.74, 6) is 0.189. The van der Waals surface area contributed by atoms with E-state index in [-0.39, 0.29) is 5.92 Å². The standard InChI is InChI=1S/C17H17Cl2N/c1-3-5-15(12(2)13-6-4-9-20-11-13)16-8-7-14(18)10-17(16)19/h4,6-11,15H,2-3,5H2,1H3. The molecule has 0 saturated heterocycles. The quantitative estimate of drug-likeness (QED) is 0.661. The average molecular weight is 306 g/mol. The Morgan fingerprint density at radius 2 is 2.10 bits per heavy atom. The van der Waals surface area contributed by atoms with Crippen molar-refractivity contribution in [2.75, 3.05) is 0 Å². The molecule has 20 heavy (non-hydrogen) atoms. The van der Waals surface area contributed by atoms with Gasteiger partial charge in [0.15, 0.2) is 0 Å². The highest BCUT2D eigenvalue weighted by molar-refractivity contribution is 6.35. The highest BCUT2D eigenvalue weighted by atomic mass is 35.5. The van der Waals surface area contributed by atoms with Crippen LogP contribution in [0.2, 0.25) is 10.0 Å². The molecule has 1 aromatic carbocycles. The fourth-order valence-electron chi connectivity index (χ4n) is 2.34. The van der Waals surface area contributed by atoms with Gasteiger partial charge in [-0.15, -0.1) is 0 Å². The van der Waals surface area contributed by atoms with Crippen molar-refractivity contribution in [1.82, 2.24) is 4.98 Å². The molecule has 0 aliphatic heterocycles. The number of hydrogen-bond acceptors (Lipinski definition) is 1. The van der Waals surface area contributed by atoms with Crippen LogP contribution in [0.15, 0.2) is 49.3 Å². The molecule has 0 radical (unpaired) electrons. The maximum absolute atomic E-state index is 6.35. The summed E-state index contributed by atoms with van der Waals surface area (Å²) in [5.41, 5.74) is 3.17. The lowest BCUT2D eigenvalue weighted by atomic mass is 9.85. The van der Waals surface area contributed by atoms with Crippen molar-refractivity contribution in [3.05, 3.63) is 70.5 Å². The van der Waals surface area contributed by atoms with Crippen molar-refractivity contribution >= 4 is 28.8 Å². The normalized spacial score (nSPS) is 12.2. The SMILES string of the molecule is C=C(c1cccnc1)C(CCC)c1ccc(Cl)cc1Cl. The second kappa shape index (κ2) is 6.92. The second-order valence-corrected chi connectivity index (χ2v) is 5.62. The first kappa shape index (κ1) is 15.1. The van der Waals surface area contributed by atoms with Gasteiger partial charge in [0.1, 0.15) is 0 Å². The van der Waals surface area contributed by atoms with E-state index in [2.05, 4.69) is 18.5 Å². The van der Waals surface area contributed by atoms with Crippen LogP contribution in [0.3, 0.4) is 0 Å². The molecule has 104 valence electrons. The smallest absolute Gasteiger partial charge is 0.0459 e. The van der Waals surface area contributed by atoms with Crippen LogP contribution in [0.4, 0.5) is 0 Å². The molecule has 3 heteroatoms. The zero-order valence-corrected chi connectivity index (χ0v) is 13.0. The monoisotopic (exact) mass is 305 g/mol. The first-order chi connectivity index (χ1) is 9.63. The predicted molar refractivity (Wildman–Crippen MR) is 87.4 cm³/mol. The van der Waals surface area contributed by atoms with Gasteiger partial charge in [-0.05, 0) is 41.3 Å². The average Bonchev–Trinajstić information content (AvgIpc) is 2.46. The summed E-state index contributed by atoms with van der Waals surface area (Å²) in [4.78, 5) is 4.16. The van der Waals surface area contributed by atoms with Crippen LogP contribution in [-0.2, 0) is 0 Å². The Morgan fingerprint density at radius 1 is 1.30 bits per heavy atom. The predicted octanol–water partition coefficient (Wildman–Crippen LogP) is 5.99. The van der Waals surface area contributed by atoms with Crippen LogP contribution < -0.4 is 0 Å². The minimum Gasteiger partial charge on any atom is -0.264 e. The van der Waals surface area contributed by atoms with Gasteiger partial charge in [0.2, 0.25) is 0 Å². The van der Waals surface area contributed by atoms with Crippen molar-refractivity contribution in [2.45, 2.75) is 25.7 Å². The molecular weight excluding hydrogens is 289 g/mol. The summed E-state index contributed by atoms with van der Waals surface area (Å²) in [6, 6.07) is 9.61. The van der Waals surface area contributed by atoms with Gasteiger partial charge in [0.25, 0.3) is 0 Å². The molecule has 1 unspecified atom stereocenters. The van der Waals surface area contributed by atoms with E-state index in [9.17, 15) is 0 Å². The van der Waals surface area contributed by atoms with Gasteiger partial charge in [-0.2, -0.15) is 0 Å². The van der Waals surface area contributed by atoms with E-state index in [1.54, 1.807) is 12.3 Å².